The van der Waals surface area contributed by atoms with E-state index in [9.17, 15) is 4.79 Å². The molecule has 1 aromatic carbocycles. The fourth-order valence-electron chi connectivity index (χ4n) is 1.26. The number of carbonyl (C=O) groups is 1. The van der Waals surface area contributed by atoms with Gasteiger partial charge in [-0.15, -0.1) is 24.0 Å². The van der Waals surface area contributed by atoms with Gasteiger partial charge in [0.05, 0.1) is 6.54 Å². The zero-order valence-corrected chi connectivity index (χ0v) is 12.7. The van der Waals surface area contributed by atoms with Gasteiger partial charge in [0, 0.05) is 12.1 Å². The van der Waals surface area contributed by atoms with Crippen molar-refractivity contribution in [1.82, 2.24) is 5.32 Å². The van der Waals surface area contributed by atoms with Crippen molar-refractivity contribution in [2.24, 2.45) is 16.5 Å². The topological polar surface area (TPSA) is 93.5 Å². The lowest BCUT2D eigenvalue weighted by Gasteiger charge is -2.03. The minimum Gasteiger partial charge on any atom is -0.370 e. The molecule has 0 atom stereocenters. The number of nitrogens with zero attached hydrogens (tertiary/aromatic N) is 1. The molecule has 0 aliphatic heterocycles. The SMILES string of the molecule is CCCNC(N)=NCc1ccc(C(N)=O)cc1.I. The summed E-state index contributed by atoms with van der Waals surface area (Å²) < 4.78 is 0. The first kappa shape index (κ1) is 16.7. The number of amides is 1. The maximum atomic E-state index is 10.9. The van der Waals surface area contributed by atoms with Gasteiger partial charge >= 0.3 is 0 Å². The Labute approximate surface area is 124 Å². The van der Waals surface area contributed by atoms with Crippen molar-refractivity contribution in [3.05, 3.63) is 35.4 Å². The number of aliphatic imine (C=N–C) groups is 1. The molecule has 0 saturated heterocycles. The van der Waals surface area contributed by atoms with Crippen LogP contribution in [0.3, 0.4) is 0 Å². The van der Waals surface area contributed by atoms with E-state index in [2.05, 4.69) is 17.2 Å². The smallest absolute Gasteiger partial charge is 0.248 e. The standard InChI is InChI=1S/C12H18N4O.HI/c1-2-7-15-12(14)16-8-9-3-5-10(6-4-9)11(13)17;/h3-6H,2,7-8H2,1H3,(H2,13,17)(H3,14,15,16);1H. The second kappa shape index (κ2) is 8.73. The number of nitrogens with one attached hydrogen (secondary N) is 1. The highest BCUT2D eigenvalue weighted by atomic mass is 127. The van der Waals surface area contributed by atoms with Gasteiger partial charge in [0.25, 0.3) is 0 Å². The molecule has 100 valence electrons. The van der Waals surface area contributed by atoms with Crippen molar-refractivity contribution in [2.75, 3.05) is 6.54 Å². The molecule has 0 saturated carbocycles. The molecule has 5 N–H and O–H groups in total. The van der Waals surface area contributed by atoms with E-state index in [0.717, 1.165) is 18.5 Å². The molecule has 0 radical (unpaired) electrons. The Kier molecular flexibility index (Phi) is 8.10. The zero-order valence-electron chi connectivity index (χ0n) is 10.3. The largest absolute Gasteiger partial charge is 0.370 e. The van der Waals surface area contributed by atoms with E-state index in [4.69, 9.17) is 11.5 Å². The lowest BCUT2D eigenvalue weighted by Crippen LogP contribution is -2.32. The van der Waals surface area contributed by atoms with Gasteiger partial charge in [-0.1, -0.05) is 19.1 Å². The maximum Gasteiger partial charge on any atom is 0.248 e. The van der Waals surface area contributed by atoms with Crippen molar-refractivity contribution < 1.29 is 4.79 Å². The second-order valence-corrected chi connectivity index (χ2v) is 3.69. The summed E-state index contributed by atoms with van der Waals surface area (Å²) in [6.45, 7) is 3.36. The monoisotopic (exact) mass is 362 g/mol. The second-order valence-electron chi connectivity index (χ2n) is 3.69. The minimum atomic E-state index is -0.427. The van der Waals surface area contributed by atoms with Crippen LogP contribution in [-0.4, -0.2) is 18.4 Å². The molecule has 1 amide bonds. The fourth-order valence-corrected chi connectivity index (χ4v) is 1.26. The lowest BCUT2D eigenvalue weighted by atomic mass is 10.1. The van der Waals surface area contributed by atoms with Crippen molar-refractivity contribution in [3.8, 4) is 0 Å². The number of carbonyl (C=O) groups excluding carboxylic acids is 1. The Hall–Kier alpha value is -1.31. The Morgan fingerprint density at radius 3 is 2.39 bits per heavy atom. The number of halogens is 1. The van der Waals surface area contributed by atoms with E-state index in [-0.39, 0.29) is 24.0 Å². The summed E-state index contributed by atoms with van der Waals surface area (Å²) in [7, 11) is 0. The van der Waals surface area contributed by atoms with E-state index in [0.29, 0.717) is 18.1 Å². The predicted molar refractivity (Wildman–Crippen MR) is 84.0 cm³/mol. The third kappa shape index (κ3) is 5.85. The van der Waals surface area contributed by atoms with Gasteiger partial charge in [0.1, 0.15) is 0 Å². The van der Waals surface area contributed by atoms with Crippen LogP contribution in [0.4, 0.5) is 0 Å². The first-order valence-electron chi connectivity index (χ1n) is 5.56. The minimum absolute atomic E-state index is 0. The molecule has 6 heteroatoms. The Balaban J connectivity index is 0.00000289. The molecule has 1 aromatic rings. The highest BCUT2D eigenvalue weighted by Gasteiger charge is 1.99. The average Bonchev–Trinajstić information content (AvgIpc) is 2.34. The quantitative estimate of drug-likeness (QED) is 0.418. The summed E-state index contributed by atoms with van der Waals surface area (Å²) >= 11 is 0. The molecule has 18 heavy (non-hydrogen) atoms. The third-order valence-electron chi connectivity index (χ3n) is 2.23. The van der Waals surface area contributed by atoms with Crippen LogP contribution in [0.25, 0.3) is 0 Å². The number of hydrogen-bond donors (Lipinski definition) is 3. The van der Waals surface area contributed by atoms with E-state index < -0.39 is 5.91 Å². The Bertz CT molecular complexity index is 403. The molecule has 0 bridgehead atoms. The molecular formula is C12H19IN4O. The van der Waals surface area contributed by atoms with Crippen LogP contribution in [0.5, 0.6) is 0 Å². The Morgan fingerprint density at radius 2 is 1.89 bits per heavy atom. The van der Waals surface area contributed by atoms with Crippen molar-refractivity contribution in [3.63, 3.8) is 0 Å². The van der Waals surface area contributed by atoms with Crippen molar-refractivity contribution in [2.45, 2.75) is 19.9 Å². The van der Waals surface area contributed by atoms with Crippen LogP contribution >= 0.6 is 24.0 Å². The van der Waals surface area contributed by atoms with E-state index in [1.807, 2.05) is 12.1 Å². The molecule has 1 rings (SSSR count). The number of hydrogen-bond acceptors (Lipinski definition) is 2. The fraction of sp³-hybridized carbons (Fsp3) is 0.333. The summed E-state index contributed by atoms with van der Waals surface area (Å²) in [6.07, 6.45) is 1.00. The molecule has 0 unspecified atom stereocenters. The highest BCUT2D eigenvalue weighted by Crippen LogP contribution is 2.04. The van der Waals surface area contributed by atoms with Gasteiger partial charge in [-0.2, -0.15) is 0 Å². The number of nitrogens with two attached hydrogens (primary N) is 2. The van der Waals surface area contributed by atoms with Crippen LogP contribution in [0.1, 0.15) is 29.3 Å². The molecule has 0 fully saturated rings. The van der Waals surface area contributed by atoms with Gasteiger partial charge in [0.2, 0.25) is 5.91 Å². The van der Waals surface area contributed by atoms with Gasteiger partial charge in [-0.05, 0) is 24.1 Å². The first-order valence-corrected chi connectivity index (χ1v) is 5.56. The number of primary amides is 1. The molecule has 5 nitrogen and oxygen atoms in total. The van der Waals surface area contributed by atoms with Crippen LogP contribution in [0.15, 0.2) is 29.3 Å². The van der Waals surface area contributed by atoms with Crippen molar-refractivity contribution >= 4 is 35.8 Å². The normalized spacial score (nSPS) is 10.6. The van der Waals surface area contributed by atoms with E-state index in [1.165, 1.54) is 0 Å². The van der Waals surface area contributed by atoms with E-state index >= 15 is 0 Å². The molecule has 0 aliphatic rings. The van der Waals surface area contributed by atoms with Gasteiger partial charge in [-0.3, -0.25) is 4.79 Å². The summed E-state index contributed by atoms with van der Waals surface area (Å²) in [5.41, 5.74) is 12.3. The van der Waals surface area contributed by atoms with Crippen LogP contribution in [0, 0.1) is 0 Å². The zero-order chi connectivity index (χ0) is 12.7. The predicted octanol–water partition coefficient (Wildman–Crippen LogP) is 1.22. The lowest BCUT2D eigenvalue weighted by molar-refractivity contribution is 0.100. The van der Waals surface area contributed by atoms with Gasteiger partial charge < -0.3 is 16.8 Å². The summed E-state index contributed by atoms with van der Waals surface area (Å²) in [6, 6.07) is 7.00. The molecular weight excluding hydrogens is 343 g/mol. The molecule has 0 aromatic heterocycles. The van der Waals surface area contributed by atoms with Crippen LogP contribution in [0.2, 0.25) is 0 Å². The average molecular weight is 362 g/mol. The molecule has 0 heterocycles. The number of guanidine groups is 1. The van der Waals surface area contributed by atoms with Crippen LogP contribution in [-0.2, 0) is 6.54 Å². The van der Waals surface area contributed by atoms with Gasteiger partial charge in [-0.25, -0.2) is 4.99 Å². The molecule has 0 aliphatic carbocycles. The number of benzene rings is 1. The molecule has 0 spiro atoms. The van der Waals surface area contributed by atoms with Crippen LogP contribution < -0.4 is 16.8 Å². The maximum absolute atomic E-state index is 10.9. The number of rotatable bonds is 5. The van der Waals surface area contributed by atoms with Crippen molar-refractivity contribution in [1.29, 1.82) is 0 Å². The Morgan fingerprint density at radius 1 is 1.28 bits per heavy atom. The highest BCUT2D eigenvalue weighted by molar-refractivity contribution is 14.0. The first-order chi connectivity index (χ1) is 8.13. The summed E-state index contributed by atoms with van der Waals surface area (Å²) in [5.74, 6) is 0.00926. The van der Waals surface area contributed by atoms with E-state index in [1.54, 1.807) is 12.1 Å². The summed E-state index contributed by atoms with van der Waals surface area (Å²) in [5, 5.41) is 2.99. The third-order valence-corrected chi connectivity index (χ3v) is 2.23. The summed E-state index contributed by atoms with van der Waals surface area (Å²) in [4.78, 5) is 15.0. The van der Waals surface area contributed by atoms with Gasteiger partial charge in [0.15, 0.2) is 5.96 Å².